The van der Waals surface area contributed by atoms with Crippen molar-refractivity contribution in [3.63, 3.8) is 0 Å². The van der Waals surface area contributed by atoms with E-state index >= 15 is 0 Å². The van der Waals surface area contributed by atoms with Crippen molar-refractivity contribution >= 4 is 5.97 Å². The van der Waals surface area contributed by atoms with Gasteiger partial charge in [-0.2, -0.15) is 0 Å². The number of hydrogen-bond acceptors (Lipinski definition) is 4. The molecular weight excluding hydrogens is 258 g/mol. The molecular formula is C13H19N5O2. The van der Waals surface area contributed by atoms with Gasteiger partial charge in [0, 0.05) is 30.9 Å². The summed E-state index contributed by atoms with van der Waals surface area (Å²) in [6, 6.07) is 0. The average molecular weight is 277 g/mol. The quantitative estimate of drug-likeness (QED) is 0.896. The van der Waals surface area contributed by atoms with E-state index in [4.69, 9.17) is 0 Å². The predicted molar refractivity (Wildman–Crippen MR) is 72.5 cm³/mol. The minimum Gasteiger partial charge on any atom is -0.476 e. The summed E-state index contributed by atoms with van der Waals surface area (Å²) in [5.41, 5.74) is 0.391. The lowest BCUT2D eigenvalue weighted by Crippen LogP contribution is -2.22. The van der Waals surface area contributed by atoms with Crippen LogP contribution < -0.4 is 0 Å². The Labute approximate surface area is 117 Å². The van der Waals surface area contributed by atoms with Crippen LogP contribution in [0.4, 0.5) is 0 Å². The second-order valence-corrected chi connectivity index (χ2v) is 5.72. The molecule has 0 spiro atoms. The van der Waals surface area contributed by atoms with Crippen molar-refractivity contribution in [1.82, 2.24) is 24.5 Å². The molecule has 0 saturated carbocycles. The average Bonchev–Trinajstić information content (AvgIpc) is 2.96. The van der Waals surface area contributed by atoms with Crippen LogP contribution in [0.15, 0.2) is 18.7 Å². The van der Waals surface area contributed by atoms with Gasteiger partial charge in [-0.25, -0.2) is 14.5 Å². The smallest absolute Gasteiger partial charge is 0.358 e. The maximum atomic E-state index is 11.2. The number of aryl methyl sites for hydroxylation is 2. The van der Waals surface area contributed by atoms with E-state index in [0.717, 1.165) is 13.0 Å². The number of aromatic nitrogens is 5. The molecule has 0 aliphatic heterocycles. The fourth-order valence-electron chi connectivity index (χ4n) is 2.18. The number of rotatable bonds is 5. The summed E-state index contributed by atoms with van der Waals surface area (Å²) < 4.78 is 3.67. The molecule has 2 rings (SSSR count). The Balaban J connectivity index is 2.13. The van der Waals surface area contributed by atoms with E-state index in [9.17, 15) is 9.90 Å². The zero-order valence-electron chi connectivity index (χ0n) is 11.9. The van der Waals surface area contributed by atoms with Crippen molar-refractivity contribution in [3.05, 3.63) is 30.1 Å². The minimum absolute atomic E-state index is 0.0418. The van der Waals surface area contributed by atoms with Gasteiger partial charge in [-0.15, -0.1) is 5.10 Å². The zero-order valence-corrected chi connectivity index (χ0v) is 11.9. The molecule has 0 aliphatic rings. The van der Waals surface area contributed by atoms with Crippen LogP contribution in [0, 0.1) is 0 Å². The highest BCUT2D eigenvalue weighted by Crippen LogP contribution is 2.24. The SMILES string of the molecule is CC(C)(C)c1c(C(=O)O)nnn1CCCn1ccnc1. The largest absolute Gasteiger partial charge is 0.476 e. The Bertz CT molecular complexity index is 580. The standard InChI is InChI=1S/C13H19N5O2/c1-13(2,3)11-10(12(19)20)15-16-18(11)7-4-6-17-8-5-14-9-17/h5,8-9H,4,6-7H2,1-3H3,(H,19,20). The van der Waals surface area contributed by atoms with Crippen molar-refractivity contribution in [2.45, 2.75) is 45.7 Å². The van der Waals surface area contributed by atoms with E-state index < -0.39 is 5.97 Å². The maximum Gasteiger partial charge on any atom is 0.358 e. The van der Waals surface area contributed by atoms with Crippen molar-refractivity contribution < 1.29 is 9.90 Å². The molecule has 0 aliphatic carbocycles. The van der Waals surface area contributed by atoms with Crippen LogP contribution in [-0.4, -0.2) is 35.6 Å². The van der Waals surface area contributed by atoms with E-state index in [2.05, 4.69) is 15.3 Å². The van der Waals surface area contributed by atoms with Gasteiger partial charge in [0.05, 0.1) is 12.0 Å². The van der Waals surface area contributed by atoms with Gasteiger partial charge >= 0.3 is 5.97 Å². The molecule has 108 valence electrons. The lowest BCUT2D eigenvalue weighted by Gasteiger charge is -2.20. The van der Waals surface area contributed by atoms with Crippen molar-refractivity contribution in [1.29, 1.82) is 0 Å². The topological polar surface area (TPSA) is 85.8 Å². The monoisotopic (exact) mass is 277 g/mol. The number of carboxylic acids is 1. The van der Waals surface area contributed by atoms with Crippen LogP contribution in [0.3, 0.4) is 0 Å². The van der Waals surface area contributed by atoms with E-state index in [1.165, 1.54) is 0 Å². The molecule has 7 nitrogen and oxygen atoms in total. The summed E-state index contributed by atoms with van der Waals surface area (Å²) in [7, 11) is 0. The summed E-state index contributed by atoms with van der Waals surface area (Å²) in [5, 5.41) is 17.0. The molecule has 0 fully saturated rings. The van der Waals surface area contributed by atoms with Gasteiger partial charge in [-0.3, -0.25) is 0 Å². The van der Waals surface area contributed by atoms with E-state index in [0.29, 0.717) is 12.2 Å². The highest BCUT2D eigenvalue weighted by atomic mass is 16.4. The number of nitrogens with zero attached hydrogens (tertiary/aromatic N) is 5. The molecule has 7 heteroatoms. The van der Waals surface area contributed by atoms with Crippen LogP contribution in [0.25, 0.3) is 0 Å². The van der Waals surface area contributed by atoms with Crippen LogP contribution in [-0.2, 0) is 18.5 Å². The molecule has 0 amide bonds. The molecule has 0 saturated heterocycles. The van der Waals surface area contributed by atoms with E-state index in [1.54, 1.807) is 17.2 Å². The van der Waals surface area contributed by atoms with Gasteiger partial charge in [0.2, 0.25) is 0 Å². The van der Waals surface area contributed by atoms with Crippen LogP contribution in [0.5, 0.6) is 0 Å². The molecule has 0 atom stereocenters. The predicted octanol–water partition coefficient (Wildman–Crippen LogP) is 1.56. The third-order valence-electron chi connectivity index (χ3n) is 2.99. The van der Waals surface area contributed by atoms with Gasteiger partial charge in [-0.05, 0) is 6.42 Å². The molecule has 20 heavy (non-hydrogen) atoms. The second-order valence-electron chi connectivity index (χ2n) is 5.72. The molecule has 1 N–H and O–H groups in total. The summed E-state index contributed by atoms with van der Waals surface area (Å²) in [4.78, 5) is 15.2. The van der Waals surface area contributed by atoms with Crippen LogP contribution >= 0.6 is 0 Å². The Morgan fingerprint density at radius 1 is 1.35 bits per heavy atom. The fourth-order valence-corrected chi connectivity index (χ4v) is 2.18. The van der Waals surface area contributed by atoms with Crippen molar-refractivity contribution in [2.24, 2.45) is 0 Å². The summed E-state index contributed by atoms with van der Waals surface area (Å²) in [6.45, 7) is 7.33. The maximum absolute atomic E-state index is 11.2. The first-order valence-corrected chi connectivity index (χ1v) is 6.52. The first-order chi connectivity index (χ1) is 9.39. The normalized spacial score (nSPS) is 11.8. The van der Waals surface area contributed by atoms with Gasteiger partial charge < -0.3 is 9.67 Å². The van der Waals surface area contributed by atoms with Crippen molar-refractivity contribution in [2.75, 3.05) is 0 Å². The number of imidazole rings is 1. The molecule has 0 bridgehead atoms. The Morgan fingerprint density at radius 3 is 2.65 bits per heavy atom. The number of carboxylic acid groups (broad SMARTS) is 1. The highest BCUT2D eigenvalue weighted by molar-refractivity contribution is 5.86. The van der Waals surface area contributed by atoms with Crippen molar-refractivity contribution in [3.8, 4) is 0 Å². The molecule has 0 radical (unpaired) electrons. The molecule has 0 aromatic carbocycles. The summed E-state index contributed by atoms with van der Waals surface area (Å²) in [6.07, 6.45) is 6.23. The third kappa shape index (κ3) is 3.04. The third-order valence-corrected chi connectivity index (χ3v) is 2.99. The van der Waals surface area contributed by atoms with E-state index in [1.807, 2.05) is 31.5 Å². The number of hydrogen-bond donors (Lipinski definition) is 1. The van der Waals surface area contributed by atoms with Gasteiger partial charge in [0.15, 0.2) is 5.69 Å². The van der Waals surface area contributed by atoms with Gasteiger partial charge in [0.25, 0.3) is 0 Å². The molecule has 2 aromatic heterocycles. The lowest BCUT2D eigenvalue weighted by molar-refractivity contribution is 0.0687. The Kier molecular flexibility index (Phi) is 3.87. The number of carbonyl (C=O) groups is 1. The number of aromatic carboxylic acids is 1. The van der Waals surface area contributed by atoms with Crippen LogP contribution in [0.1, 0.15) is 43.4 Å². The Hall–Kier alpha value is -2.18. The summed E-state index contributed by atoms with van der Waals surface area (Å²) in [5.74, 6) is -1.03. The minimum atomic E-state index is -1.03. The molecule has 0 unspecified atom stereocenters. The molecule has 2 heterocycles. The zero-order chi connectivity index (χ0) is 14.8. The van der Waals surface area contributed by atoms with Gasteiger partial charge in [0.1, 0.15) is 0 Å². The Morgan fingerprint density at radius 2 is 2.10 bits per heavy atom. The van der Waals surface area contributed by atoms with E-state index in [-0.39, 0.29) is 11.1 Å². The first kappa shape index (κ1) is 14.2. The summed E-state index contributed by atoms with van der Waals surface area (Å²) >= 11 is 0. The first-order valence-electron chi connectivity index (χ1n) is 6.52. The lowest BCUT2D eigenvalue weighted by atomic mass is 9.90. The molecule has 2 aromatic rings. The van der Waals surface area contributed by atoms with Gasteiger partial charge in [-0.1, -0.05) is 26.0 Å². The fraction of sp³-hybridized carbons (Fsp3) is 0.538. The highest BCUT2D eigenvalue weighted by Gasteiger charge is 2.28. The second kappa shape index (κ2) is 5.44. The van der Waals surface area contributed by atoms with Crippen LogP contribution in [0.2, 0.25) is 0 Å².